The summed E-state index contributed by atoms with van der Waals surface area (Å²) < 4.78 is 7.92. The monoisotopic (exact) mass is 495 g/mol. The molecule has 2 aromatic heterocycles. The molecule has 2 aromatic carbocycles. The Bertz CT molecular complexity index is 1470. The molecule has 0 aliphatic heterocycles. The van der Waals surface area contributed by atoms with Crippen molar-refractivity contribution < 1.29 is 9.21 Å². The van der Waals surface area contributed by atoms with Crippen molar-refractivity contribution >= 4 is 51.2 Å². The van der Waals surface area contributed by atoms with E-state index in [-0.39, 0.29) is 17.6 Å². The maximum atomic E-state index is 13.6. The van der Waals surface area contributed by atoms with Gasteiger partial charge in [0.15, 0.2) is 11.3 Å². The molecule has 3 aliphatic rings. The number of hydrogen-bond donors (Lipinski definition) is 1. The lowest BCUT2D eigenvalue weighted by molar-refractivity contribution is -0.113. The third-order valence-electron chi connectivity index (χ3n) is 8.47. The van der Waals surface area contributed by atoms with Crippen molar-refractivity contribution in [3.05, 3.63) is 57.7 Å². The van der Waals surface area contributed by atoms with Gasteiger partial charge >= 0.3 is 0 Å². The van der Waals surface area contributed by atoms with Crippen LogP contribution in [0, 0.1) is 30.1 Å². The van der Waals surface area contributed by atoms with Crippen LogP contribution in [0.1, 0.15) is 49.7 Å². The number of aryl methyl sites for hydroxylation is 1. The first kappa shape index (κ1) is 22.0. The second kappa shape index (κ2) is 7.50. The van der Waals surface area contributed by atoms with Crippen LogP contribution in [0.4, 0.5) is 0 Å². The maximum absolute atomic E-state index is 13.6. The van der Waals surface area contributed by atoms with E-state index >= 15 is 0 Å². The summed E-state index contributed by atoms with van der Waals surface area (Å²) in [5.41, 5.74) is 4.28. The molecule has 1 amide bonds. The van der Waals surface area contributed by atoms with Crippen LogP contribution in [-0.2, 0) is 0 Å². The molecule has 176 valence electrons. The number of amides is 1. The number of hydrogen-bond acceptors (Lipinski definition) is 3. The molecule has 0 spiro atoms. The first-order valence-electron chi connectivity index (χ1n) is 11.8. The molecule has 2 heterocycles. The number of benzene rings is 2. The number of furan rings is 1. The van der Waals surface area contributed by atoms with E-state index in [1.807, 2.05) is 31.2 Å². The van der Waals surface area contributed by atoms with Crippen molar-refractivity contribution in [2.75, 3.05) is 0 Å². The molecule has 1 N–H and O–H groups in total. The zero-order chi connectivity index (χ0) is 23.9. The fraction of sp³-hybridized carbons (Fsp3) is 0.407. The predicted octanol–water partition coefficient (Wildman–Crippen LogP) is 7.19. The molecule has 7 rings (SSSR count). The molecule has 3 aliphatic carbocycles. The summed E-state index contributed by atoms with van der Waals surface area (Å²) in [6.07, 6.45) is 2.26. The number of aromatic nitrogens is 2. The van der Waals surface area contributed by atoms with Gasteiger partial charge in [0.2, 0.25) is 0 Å². The number of carbonyl (C=O) groups is 1. The van der Waals surface area contributed by atoms with Crippen LogP contribution in [0.5, 0.6) is 0 Å². The summed E-state index contributed by atoms with van der Waals surface area (Å²) in [5.74, 6) is 1.50. The van der Waals surface area contributed by atoms with Gasteiger partial charge in [0.1, 0.15) is 11.1 Å². The van der Waals surface area contributed by atoms with E-state index < -0.39 is 0 Å². The minimum Gasteiger partial charge on any atom is -0.452 e. The minimum atomic E-state index is -0.208. The fourth-order valence-corrected chi connectivity index (χ4v) is 6.80. The molecule has 2 bridgehead atoms. The first-order chi connectivity index (χ1) is 16.1. The predicted molar refractivity (Wildman–Crippen MR) is 136 cm³/mol. The Kier molecular flexibility index (Phi) is 4.85. The molecule has 0 unspecified atom stereocenters. The zero-order valence-corrected chi connectivity index (χ0v) is 21.2. The second-order valence-electron chi connectivity index (χ2n) is 10.7. The molecular weight excluding hydrogens is 469 g/mol. The molecular formula is C27H27Cl2N3O2. The molecule has 34 heavy (non-hydrogen) atoms. The van der Waals surface area contributed by atoms with Gasteiger partial charge in [-0.3, -0.25) is 4.79 Å². The van der Waals surface area contributed by atoms with Crippen LogP contribution in [0.2, 0.25) is 10.0 Å². The van der Waals surface area contributed by atoms with E-state index in [1.54, 1.807) is 16.8 Å². The number of halogens is 2. The fourth-order valence-electron chi connectivity index (χ4n) is 6.31. The van der Waals surface area contributed by atoms with E-state index in [0.717, 1.165) is 22.9 Å². The number of fused-ring (bicyclic) bond motifs is 5. The number of nitrogens with zero attached hydrogens (tertiary/aromatic N) is 2. The van der Waals surface area contributed by atoms with E-state index in [1.165, 1.54) is 6.42 Å². The molecule has 4 atom stereocenters. The highest BCUT2D eigenvalue weighted by molar-refractivity contribution is 6.35. The molecule has 0 radical (unpaired) electrons. The molecule has 5 nitrogen and oxygen atoms in total. The first-order valence-corrected chi connectivity index (χ1v) is 12.6. The van der Waals surface area contributed by atoms with E-state index in [4.69, 9.17) is 32.7 Å². The number of carbonyl (C=O) groups excluding carboxylic acids is 1. The van der Waals surface area contributed by atoms with Gasteiger partial charge in [-0.05, 0) is 78.8 Å². The maximum Gasteiger partial charge on any atom is 0.275 e. The summed E-state index contributed by atoms with van der Waals surface area (Å²) >= 11 is 12.7. The summed E-state index contributed by atoms with van der Waals surface area (Å²) in [6.45, 7) is 8.99. The third kappa shape index (κ3) is 3.13. The Morgan fingerprint density at radius 2 is 1.97 bits per heavy atom. The highest BCUT2D eigenvalue weighted by atomic mass is 35.5. The van der Waals surface area contributed by atoms with Crippen LogP contribution < -0.4 is 5.32 Å². The highest BCUT2D eigenvalue weighted by Gasteiger charge is 2.56. The molecule has 4 aromatic rings. The summed E-state index contributed by atoms with van der Waals surface area (Å²) in [4.78, 5) is 13.6. The van der Waals surface area contributed by atoms with Crippen molar-refractivity contribution in [1.82, 2.24) is 15.1 Å². The second-order valence-corrected chi connectivity index (χ2v) is 11.5. The molecule has 7 heteroatoms. The molecule has 3 saturated carbocycles. The van der Waals surface area contributed by atoms with Crippen LogP contribution in [0.3, 0.4) is 0 Å². The average Bonchev–Trinajstić information content (AvgIpc) is 3.31. The third-order valence-corrected chi connectivity index (χ3v) is 9.01. The van der Waals surface area contributed by atoms with E-state index in [2.05, 4.69) is 26.1 Å². The minimum absolute atomic E-state index is 0.134. The van der Waals surface area contributed by atoms with Crippen molar-refractivity contribution in [2.45, 2.75) is 46.6 Å². The van der Waals surface area contributed by atoms with Gasteiger partial charge in [-0.1, -0.05) is 50.0 Å². The Labute approximate surface area is 208 Å². The van der Waals surface area contributed by atoms with E-state index in [0.29, 0.717) is 50.1 Å². The zero-order valence-electron chi connectivity index (χ0n) is 19.7. The van der Waals surface area contributed by atoms with Crippen molar-refractivity contribution in [2.24, 2.45) is 23.2 Å². The lowest BCUT2D eigenvalue weighted by atomic mass is 9.45. The normalized spacial score (nSPS) is 25.5. The molecule has 0 saturated heterocycles. The van der Waals surface area contributed by atoms with Crippen LogP contribution >= 0.6 is 23.2 Å². The van der Waals surface area contributed by atoms with Crippen molar-refractivity contribution in [3.8, 4) is 5.69 Å². The average molecular weight is 496 g/mol. The van der Waals surface area contributed by atoms with Crippen LogP contribution in [-0.4, -0.2) is 21.7 Å². The Hall–Kier alpha value is -2.50. The summed E-state index contributed by atoms with van der Waals surface area (Å²) in [5, 5.41) is 9.88. The molecule has 3 fully saturated rings. The van der Waals surface area contributed by atoms with Gasteiger partial charge in [-0.2, -0.15) is 5.10 Å². The van der Waals surface area contributed by atoms with Gasteiger partial charge in [0.25, 0.3) is 5.91 Å². The number of nitrogens with one attached hydrogen (secondary N) is 1. The van der Waals surface area contributed by atoms with Crippen molar-refractivity contribution in [3.63, 3.8) is 0 Å². The Balaban J connectivity index is 1.45. The Morgan fingerprint density at radius 3 is 2.68 bits per heavy atom. The van der Waals surface area contributed by atoms with Crippen molar-refractivity contribution in [1.29, 1.82) is 0 Å². The van der Waals surface area contributed by atoms with Gasteiger partial charge in [0, 0.05) is 16.5 Å². The van der Waals surface area contributed by atoms with Gasteiger partial charge in [-0.25, -0.2) is 4.68 Å². The van der Waals surface area contributed by atoms with Crippen LogP contribution in [0.25, 0.3) is 27.8 Å². The lowest BCUT2D eigenvalue weighted by Gasteiger charge is -2.62. The quantitative estimate of drug-likeness (QED) is 0.327. The summed E-state index contributed by atoms with van der Waals surface area (Å²) in [7, 11) is 0. The summed E-state index contributed by atoms with van der Waals surface area (Å²) in [6, 6.07) is 11.4. The topological polar surface area (TPSA) is 60.1 Å². The smallest absolute Gasteiger partial charge is 0.275 e. The van der Waals surface area contributed by atoms with Crippen LogP contribution in [0.15, 0.2) is 40.8 Å². The Morgan fingerprint density at radius 1 is 1.18 bits per heavy atom. The van der Waals surface area contributed by atoms with E-state index in [9.17, 15) is 4.79 Å². The standard InChI is InChI=1S/C27H27Cl2N3O2/c1-13-5-7-17-22(9-13)34-25-23(31-32(24(17)25)21-8-6-16(28)12-19(21)29)26(33)30-20-11-15-10-18(14(20)2)27(15,3)4/h5-9,12,14-15,18,20H,10-11H2,1-4H3,(H,30,33)/t14-,15+,18-,20+/m0/s1. The lowest BCUT2D eigenvalue weighted by Crippen LogP contribution is -2.60. The highest BCUT2D eigenvalue weighted by Crippen LogP contribution is 2.61. The van der Waals surface area contributed by atoms with Gasteiger partial charge in [-0.15, -0.1) is 0 Å². The largest absolute Gasteiger partial charge is 0.452 e. The van der Waals surface area contributed by atoms with Gasteiger partial charge < -0.3 is 9.73 Å². The van der Waals surface area contributed by atoms with Gasteiger partial charge in [0.05, 0.1) is 10.7 Å². The number of rotatable bonds is 3. The SMILES string of the molecule is Cc1ccc2c(c1)oc1c(C(=O)N[C@@H]3C[C@H]4C[C@@H]([C@@H]3C)C4(C)C)nn(-c3ccc(Cl)cc3Cl)c12.